The molecule has 0 aromatic heterocycles. The van der Waals surface area contributed by atoms with Crippen LogP contribution in [0.25, 0.3) is 0 Å². The van der Waals surface area contributed by atoms with Crippen molar-refractivity contribution in [3.63, 3.8) is 0 Å². The Bertz CT molecular complexity index is 1140. The molecule has 0 saturated carbocycles. The normalized spacial score (nSPS) is 17.7. The van der Waals surface area contributed by atoms with E-state index in [0.29, 0.717) is 19.4 Å². The van der Waals surface area contributed by atoms with Crippen molar-refractivity contribution in [2.75, 3.05) is 13.7 Å². The molecular weight excluding hydrogens is 472 g/mol. The second-order valence-electron chi connectivity index (χ2n) is 8.25. The second kappa shape index (κ2) is 11.4. The lowest BCUT2D eigenvalue weighted by molar-refractivity contribution is -0.143. The SMILES string of the molecule is C=CC(=O)NCCCC[C@H](NC(=O)c1ccc2c(c1)C(=O)N(C1CCC(=O)NC1=O)C2=O)C(=O)OC. The molecule has 1 fully saturated rings. The average molecular weight is 498 g/mol. The van der Waals surface area contributed by atoms with Gasteiger partial charge in [0.25, 0.3) is 17.7 Å². The highest BCUT2D eigenvalue weighted by Crippen LogP contribution is 2.28. The summed E-state index contributed by atoms with van der Waals surface area (Å²) in [5, 5.41) is 7.30. The summed E-state index contributed by atoms with van der Waals surface area (Å²) >= 11 is 0. The molecule has 2 atom stereocenters. The minimum atomic E-state index is -1.12. The van der Waals surface area contributed by atoms with E-state index in [-0.39, 0.29) is 41.9 Å². The number of hydrogen-bond acceptors (Lipinski definition) is 8. The summed E-state index contributed by atoms with van der Waals surface area (Å²) in [6, 6.07) is 1.80. The van der Waals surface area contributed by atoms with Gasteiger partial charge in [-0.3, -0.25) is 39.0 Å². The van der Waals surface area contributed by atoms with Crippen LogP contribution in [0.4, 0.5) is 0 Å². The first-order chi connectivity index (χ1) is 17.2. The van der Waals surface area contributed by atoms with Crippen LogP contribution in [0.1, 0.15) is 63.2 Å². The minimum absolute atomic E-state index is 0.00693. The van der Waals surface area contributed by atoms with Crippen molar-refractivity contribution < 1.29 is 38.3 Å². The zero-order valence-corrected chi connectivity index (χ0v) is 19.6. The van der Waals surface area contributed by atoms with Gasteiger partial charge in [0.15, 0.2) is 0 Å². The number of benzene rings is 1. The lowest BCUT2D eigenvalue weighted by Crippen LogP contribution is -2.54. The van der Waals surface area contributed by atoms with Gasteiger partial charge in [0.05, 0.1) is 18.2 Å². The van der Waals surface area contributed by atoms with Crippen molar-refractivity contribution >= 4 is 41.4 Å². The quantitative estimate of drug-likeness (QED) is 0.173. The Morgan fingerprint density at radius 2 is 1.89 bits per heavy atom. The molecule has 0 bridgehead atoms. The van der Waals surface area contributed by atoms with Crippen LogP contribution in [0.3, 0.4) is 0 Å². The number of nitrogens with zero attached hydrogens (tertiary/aromatic N) is 1. The van der Waals surface area contributed by atoms with Gasteiger partial charge >= 0.3 is 5.97 Å². The van der Waals surface area contributed by atoms with Crippen molar-refractivity contribution in [1.29, 1.82) is 0 Å². The number of piperidine rings is 1. The summed E-state index contributed by atoms with van der Waals surface area (Å²) in [5.74, 6) is -4.27. The van der Waals surface area contributed by atoms with E-state index in [1.54, 1.807) is 0 Å². The van der Waals surface area contributed by atoms with Gasteiger partial charge in [0.1, 0.15) is 12.1 Å². The molecule has 2 heterocycles. The van der Waals surface area contributed by atoms with Crippen LogP contribution in [-0.2, 0) is 23.9 Å². The van der Waals surface area contributed by atoms with E-state index in [2.05, 4.69) is 22.5 Å². The summed E-state index contributed by atoms with van der Waals surface area (Å²) in [6.45, 7) is 3.73. The monoisotopic (exact) mass is 498 g/mol. The van der Waals surface area contributed by atoms with E-state index >= 15 is 0 Å². The first-order valence-electron chi connectivity index (χ1n) is 11.3. The van der Waals surface area contributed by atoms with Crippen LogP contribution in [-0.4, -0.2) is 72.1 Å². The van der Waals surface area contributed by atoms with Crippen LogP contribution in [0.2, 0.25) is 0 Å². The minimum Gasteiger partial charge on any atom is -0.467 e. The topological polar surface area (TPSA) is 168 Å². The number of imide groups is 2. The first kappa shape index (κ1) is 26.3. The number of ether oxygens (including phenoxy) is 1. The molecule has 36 heavy (non-hydrogen) atoms. The molecular formula is C24H26N4O8. The molecule has 0 radical (unpaired) electrons. The molecule has 0 aliphatic carbocycles. The molecule has 1 saturated heterocycles. The van der Waals surface area contributed by atoms with E-state index in [1.807, 2.05) is 0 Å². The van der Waals surface area contributed by atoms with Gasteiger partial charge in [0, 0.05) is 18.5 Å². The molecule has 1 aromatic carbocycles. The van der Waals surface area contributed by atoms with Crippen LogP contribution in [0.15, 0.2) is 30.9 Å². The highest BCUT2D eigenvalue weighted by molar-refractivity contribution is 6.24. The Labute approximate surface area is 206 Å². The van der Waals surface area contributed by atoms with Gasteiger partial charge in [0.2, 0.25) is 17.7 Å². The van der Waals surface area contributed by atoms with Crippen LogP contribution < -0.4 is 16.0 Å². The van der Waals surface area contributed by atoms with Crippen molar-refractivity contribution in [2.24, 2.45) is 0 Å². The largest absolute Gasteiger partial charge is 0.467 e. The number of rotatable bonds is 10. The van der Waals surface area contributed by atoms with Crippen molar-refractivity contribution in [1.82, 2.24) is 20.9 Å². The van der Waals surface area contributed by atoms with Gasteiger partial charge in [-0.2, -0.15) is 0 Å². The molecule has 3 N–H and O–H groups in total. The average Bonchev–Trinajstić information content (AvgIpc) is 3.11. The van der Waals surface area contributed by atoms with E-state index in [4.69, 9.17) is 4.74 Å². The van der Waals surface area contributed by atoms with Crippen LogP contribution >= 0.6 is 0 Å². The zero-order valence-electron chi connectivity index (χ0n) is 19.6. The highest BCUT2D eigenvalue weighted by atomic mass is 16.5. The van der Waals surface area contributed by atoms with Gasteiger partial charge < -0.3 is 15.4 Å². The fourth-order valence-electron chi connectivity index (χ4n) is 4.00. The number of unbranched alkanes of at least 4 members (excludes halogenated alkanes) is 1. The predicted octanol–water partition coefficient (Wildman–Crippen LogP) is -0.168. The Morgan fingerprint density at radius 3 is 2.56 bits per heavy atom. The smallest absolute Gasteiger partial charge is 0.328 e. The summed E-state index contributed by atoms with van der Waals surface area (Å²) < 4.78 is 4.76. The maximum Gasteiger partial charge on any atom is 0.328 e. The molecule has 12 heteroatoms. The number of fused-ring (bicyclic) bond motifs is 1. The summed E-state index contributed by atoms with van der Waals surface area (Å²) in [5.41, 5.74) is 0.0180. The molecule has 2 aliphatic rings. The van der Waals surface area contributed by atoms with E-state index < -0.39 is 47.6 Å². The molecule has 1 aromatic rings. The predicted molar refractivity (Wildman–Crippen MR) is 123 cm³/mol. The molecule has 3 rings (SSSR count). The fraction of sp³-hybridized carbons (Fsp3) is 0.375. The van der Waals surface area contributed by atoms with E-state index in [0.717, 1.165) is 11.0 Å². The molecule has 190 valence electrons. The summed E-state index contributed by atoms with van der Waals surface area (Å²) in [6.07, 6.45) is 2.45. The van der Waals surface area contributed by atoms with Crippen molar-refractivity contribution in [3.05, 3.63) is 47.5 Å². The van der Waals surface area contributed by atoms with Crippen LogP contribution in [0.5, 0.6) is 0 Å². The standard InChI is InChI=1S/C24H26N4O8/c1-3-18(29)25-11-5-4-6-16(24(35)36-2)26-20(31)13-7-8-14-15(12-13)23(34)28(22(14)33)17-9-10-19(30)27-21(17)32/h3,7-8,12,16-17H,1,4-6,9-11H2,2H3,(H,25,29)(H,26,31)(H,27,30,32)/t16-,17?/m0/s1. The third-order valence-electron chi connectivity index (χ3n) is 5.90. The van der Waals surface area contributed by atoms with E-state index in [9.17, 15) is 33.6 Å². The number of esters is 1. The Hall–Kier alpha value is -4.35. The molecule has 0 spiro atoms. The van der Waals surface area contributed by atoms with Crippen molar-refractivity contribution in [3.8, 4) is 0 Å². The Balaban J connectivity index is 1.68. The number of nitrogens with one attached hydrogen (secondary N) is 3. The lowest BCUT2D eigenvalue weighted by atomic mass is 10.0. The lowest BCUT2D eigenvalue weighted by Gasteiger charge is -2.27. The second-order valence-corrected chi connectivity index (χ2v) is 8.25. The van der Waals surface area contributed by atoms with E-state index in [1.165, 1.54) is 25.3 Å². The van der Waals surface area contributed by atoms with Crippen molar-refractivity contribution in [2.45, 2.75) is 44.2 Å². The summed E-state index contributed by atoms with van der Waals surface area (Å²) in [7, 11) is 1.19. The van der Waals surface area contributed by atoms with Gasteiger partial charge in [-0.25, -0.2) is 4.79 Å². The molecule has 1 unspecified atom stereocenters. The Kier molecular flexibility index (Phi) is 8.30. The number of amides is 6. The Morgan fingerprint density at radius 1 is 1.17 bits per heavy atom. The number of carbonyl (C=O) groups is 7. The third kappa shape index (κ3) is 5.65. The molecule has 6 amide bonds. The zero-order chi connectivity index (χ0) is 26.4. The number of carbonyl (C=O) groups excluding carboxylic acids is 7. The van der Waals surface area contributed by atoms with Crippen LogP contribution in [0, 0.1) is 0 Å². The highest BCUT2D eigenvalue weighted by Gasteiger charge is 2.44. The van der Waals surface area contributed by atoms with Gasteiger partial charge in [-0.05, 0) is 50.0 Å². The maximum absolute atomic E-state index is 13.0. The molecule has 12 nitrogen and oxygen atoms in total. The fourth-order valence-corrected chi connectivity index (χ4v) is 4.00. The first-order valence-corrected chi connectivity index (χ1v) is 11.3. The number of hydrogen-bond donors (Lipinski definition) is 3. The summed E-state index contributed by atoms with van der Waals surface area (Å²) in [4.78, 5) is 86.4. The molecule has 2 aliphatic heterocycles. The number of methoxy groups -OCH3 is 1. The maximum atomic E-state index is 13.0. The third-order valence-corrected chi connectivity index (χ3v) is 5.90. The van der Waals surface area contributed by atoms with Gasteiger partial charge in [-0.1, -0.05) is 6.58 Å². The van der Waals surface area contributed by atoms with Gasteiger partial charge in [-0.15, -0.1) is 0 Å².